The summed E-state index contributed by atoms with van der Waals surface area (Å²) >= 11 is 0. The largest absolute Gasteiger partial charge is 0.463 e. The maximum absolute atomic E-state index is 10.9. The molecule has 126 valence electrons. The summed E-state index contributed by atoms with van der Waals surface area (Å²) in [4.78, 5) is 10.9. The summed E-state index contributed by atoms with van der Waals surface area (Å²) in [6, 6.07) is 4.41. The molecule has 0 aromatic rings. The highest BCUT2D eigenvalue weighted by molar-refractivity contribution is 5.65. The van der Waals surface area contributed by atoms with Crippen molar-refractivity contribution in [2.24, 2.45) is 11.3 Å². The van der Waals surface area contributed by atoms with Crippen LogP contribution in [0.3, 0.4) is 0 Å². The Morgan fingerprint density at radius 2 is 2.17 bits per heavy atom. The van der Waals surface area contributed by atoms with Crippen molar-refractivity contribution < 1.29 is 19.0 Å². The third kappa shape index (κ3) is 2.96. The van der Waals surface area contributed by atoms with Gasteiger partial charge in [-0.3, -0.25) is 4.79 Å². The second-order valence-corrected chi connectivity index (χ2v) is 6.57. The highest BCUT2D eigenvalue weighted by Crippen LogP contribution is 2.49. The lowest BCUT2D eigenvalue weighted by Gasteiger charge is -2.38. The molecule has 6 nitrogen and oxygen atoms in total. The molecule has 3 unspecified atom stereocenters. The monoisotopic (exact) mass is 328 g/mol. The summed E-state index contributed by atoms with van der Waals surface area (Å²) in [5.41, 5.74) is -0.201. The Bertz CT molecular complexity index is 655. The molecule has 3 atom stereocenters. The molecule has 3 aliphatic rings. The average Bonchev–Trinajstić information content (AvgIpc) is 2.87. The molecule has 0 saturated carbocycles. The number of nitrogens with zero attached hydrogens (tertiary/aromatic N) is 2. The predicted molar refractivity (Wildman–Crippen MR) is 83.0 cm³/mol. The lowest BCUT2D eigenvalue weighted by molar-refractivity contribution is -0.186. The van der Waals surface area contributed by atoms with Crippen LogP contribution in [0.25, 0.3) is 0 Å². The number of hydrogen-bond donors (Lipinski definition) is 0. The second-order valence-electron chi connectivity index (χ2n) is 6.57. The maximum atomic E-state index is 10.9. The first-order valence-corrected chi connectivity index (χ1v) is 8.16. The molecule has 24 heavy (non-hydrogen) atoms. The van der Waals surface area contributed by atoms with Crippen LogP contribution < -0.4 is 0 Å². The molecule has 0 aromatic heterocycles. The van der Waals surface area contributed by atoms with E-state index in [1.807, 2.05) is 18.2 Å². The van der Waals surface area contributed by atoms with Crippen molar-refractivity contribution in [1.82, 2.24) is 0 Å². The van der Waals surface area contributed by atoms with E-state index in [1.54, 1.807) is 0 Å². The maximum Gasteiger partial charge on any atom is 0.302 e. The standard InChI is InChI=1S/C18H20N2O4/c1-13(21)22-9-15-10-23-18(24-15)7-5-16-14(8-18)4-2-3-6-17(16,11-19)12-20/h2-3,5,14-15H,4,6-10H2,1H3. The number of esters is 1. The van der Waals surface area contributed by atoms with E-state index in [0.717, 1.165) is 12.0 Å². The van der Waals surface area contributed by atoms with E-state index in [1.165, 1.54) is 6.92 Å². The van der Waals surface area contributed by atoms with Gasteiger partial charge in [-0.1, -0.05) is 18.2 Å². The summed E-state index contributed by atoms with van der Waals surface area (Å²) in [5.74, 6) is -1.04. The summed E-state index contributed by atoms with van der Waals surface area (Å²) < 4.78 is 16.9. The Morgan fingerprint density at radius 1 is 1.38 bits per heavy atom. The minimum Gasteiger partial charge on any atom is -0.463 e. The third-order valence-corrected chi connectivity index (χ3v) is 4.90. The smallest absolute Gasteiger partial charge is 0.302 e. The molecule has 1 saturated heterocycles. The lowest BCUT2D eigenvalue weighted by Crippen LogP contribution is -2.39. The number of nitriles is 2. The molecule has 0 aromatic carbocycles. The Kier molecular flexibility index (Phi) is 4.45. The first-order chi connectivity index (χ1) is 11.5. The van der Waals surface area contributed by atoms with Gasteiger partial charge in [-0.25, -0.2) is 0 Å². The quantitative estimate of drug-likeness (QED) is 0.571. The number of rotatable bonds is 2. The highest BCUT2D eigenvalue weighted by atomic mass is 16.8. The molecule has 1 spiro atoms. The van der Waals surface area contributed by atoms with Crippen LogP contribution in [-0.2, 0) is 19.0 Å². The van der Waals surface area contributed by atoms with Crippen LogP contribution in [0.4, 0.5) is 0 Å². The van der Waals surface area contributed by atoms with Gasteiger partial charge in [0.05, 0.1) is 18.7 Å². The zero-order valence-electron chi connectivity index (χ0n) is 13.7. The van der Waals surface area contributed by atoms with Crippen molar-refractivity contribution in [2.45, 2.75) is 44.5 Å². The molecular formula is C18H20N2O4. The number of fused-ring (bicyclic) bond motifs is 1. The number of allylic oxidation sites excluding steroid dienone is 3. The molecular weight excluding hydrogens is 308 g/mol. The van der Waals surface area contributed by atoms with Crippen molar-refractivity contribution in [2.75, 3.05) is 13.2 Å². The molecule has 1 heterocycles. The molecule has 6 heteroatoms. The fourth-order valence-electron chi connectivity index (χ4n) is 3.74. The number of carbonyl (C=O) groups is 1. The molecule has 0 bridgehead atoms. The second kappa shape index (κ2) is 6.39. The summed E-state index contributed by atoms with van der Waals surface area (Å²) in [6.45, 7) is 1.92. The number of ether oxygens (including phenoxy) is 3. The van der Waals surface area contributed by atoms with Gasteiger partial charge in [0.1, 0.15) is 12.7 Å². The lowest BCUT2D eigenvalue weighted by atomic mass is 9.69. The van der Waals surface area contributed by atoms with Gasteiger partial charge in [0.15, 0.2) is 11.2 Å². The first kappa shape index (κ1) is 16.7. The zero-order valence-corrected chi connectivity index (χ0v) is 13.7. The normalized spacial score (nSPS) is 33.7. The Morgan fingerprint density at radius 3 is 2.88 bits per heavy atom. The van der Waals surface area contributed by atoms with Gasteiger partial charge in [0.25, 0.3) is 0 Å². The van der Waals surface area contributed by atoms with E-state index in [0.29, 0.717) is 25.9 Å². The minimum absolute atomic E-state index is 0.0456. The van der Waals surface area contributed by atoms with Crippen molar-refractivity contribution in [3.63, 3.8) is 0 Å². The van der Waals surface area contributed by atoms with Crippen LogP contribution in [-0.4, -0.2) is 31.1 Å². The van der Waals surface area contributed by atoms with Crippen LogP contribution in [0.5, 0.6) is 0 Å². The molecule has 0 amide bonds. The predicted octanol–water partition coefficient (Wildman–Crippen LogP) is 2.38. The average molecular weight is 328 g/mol. The van der Waals surface area contributed by atoms with Gasteiger partial charge < -0.3 is 14.2 Å². The Hall–Kier alpha value is -2.15. The Balaban J connectivity index is 1.78. The van der Waals surface area contributed by atoms with Gasteiger partial charge in [0.2, 0.25) is 0 Å². The van der Waals surface area contributed by atoms with Crippen LogP contribution in [0, 0.1) is 34.0 Å². The fourth-order valence-corrected chi connectivity index (χ4v) is 3.74. The van der Waals surface area contributed by atoms with Crippen LogP contribution in [0.2, 0.25) is 0 Å². The van der Waals surface area contributed by atoms with E-state index in [9.17, 15) is 15.3 Å². The first-order valence-electron chi connectivity index (χ1n) is 8.16. The van der Waals surface area contributed by atoms with Gasteiger partial charge in [0, 0.05) is 26.2 Å². The van der Waals surface area contributed by atoms with E-state index in [4.69, 9.17) is 14.2 Å². The van der Waals surface area contributed by atoms with Gasteiger partial charge in [-0.2, -0.15) is 10.5 Å². The zero-order chi connectivity index (χ0) is 17.2. The highest BCUT2D eigenvalue weighted by Gasteiger charge is 2.49. The molecule has 3 rings (SSSR count). The van der Waals surface area contributed by atoms with Crippen LogP contribution in [0.15, 0.2) is 23.8 Å². The van der Waals surface area contributed by atoms with Crippen molar-refractivity contribution in [3.05, 3.63) is 23.8 Å². The minimum atomic E-state index is -1.09. The topological polar surface area (TPSA) is 92.3 Å². The van der Waals surface area contributed by atoms with E-state index < -0.39 is 11.2 Å². The van der Waals surface area contributed by atoms with E-state index in [-0.39, 0.29) is 24.6 Å². The van der Waals surface area contributed by atoms with Crippen LogP contribution in [0.1, 0.15) is 32.6 Å². The van der Waals surface area contributed by atoms with E-state index >= 15 is 0 Å². The SMILES string of the molecule is CC(=O)OCC1COC2(CC=C3C(CC=CCC3(C#N)C#N)C2)O1. The number of carbonyl (C=O) groups excluding carboxylic acids is 1. The summed E-state index contributed by atoms with van der Waals surface area (Å²) in [6.07, 6.45) is 7.90. The molecule has 1 fully saturated rings. The van der Waals surface area contributed by atoms with Crippen molar-refractivity contribution in [1.29, 1.82) is 10.5 Å². The summed E-state index contributed by atoms with van der Waals surface area (Å²) in [7, 11) is 0. The molecule has 0 radical (unpaired) electrons. The fraction of sp³-hybridized carbons (Fsp3) is 0.611. The van der Waals surface area contributed by atoms with Gasteiger partial charge in [-0.15, -0.1) is 0 Å². The Labute approximate surface area is 141 Å². The van der Waals surface area contributed by atoms with E-state index in [2.05, 4.69) is 12.1 Å². The van der Waals surface area contributed by atoms with Crippen LogP contribution >= 0.6 is 0 Å². The van der Waals surface area contributed by atoms with Crippen molar-refractivity contribution >= 4 is 5.97 Å². The molecule has 0 N–H and O–H groups in total. The molecule has 1 aliphatic heterocycles. The van der Waals surface area contributed by atoms with Gasteiger partial charge in [-0.05, 0) is 17.9 Å². The number of hydrogen-bond acceptors (Lipinski definition) is 6. The van der Waals surface area contributed by atoms with Gasteiger partial charge >= 0.3 is 5.97 Å². The summed E-state index contributed by atoms with van der Waals surface area (Å²) in [5, 5.41) is 19.1. The third-order valence-electron chi connectivity index (χ3n) is 4.90. The van der Waals surface area contributed by atoms with Crippen molar-refractivity contribution in [3.8, 4) is 12.1 Å². The molecule has 2 aliphatic carbocycles.